The molecular weight excluding hydrogens is 266 g/mol. The number of nitrogens with one attached hydrogen (secondary N) is 2. The minimum absolute atomic E-state index is 0.0546. The van der Waals surface area contributed by atoms with Gasteiger partial charge in [0.05, 0.1) is 0 Å². The second-order valence-corrected chi connectivity index (χ2v) is 5.97. The lowest BCUT2D eigenvalue weighted by Gasteiger charge is -2.18. The molecule has 4 N–H and O–H groups in total. The van der Waals surface area contributed by atoms with Crippen molar-refractivity contribution in [1.29, 1.82) is 0 Å². The van der Waals surface area contributed by atoms with Gasteiger partial charge in [0.1, 0.15) is 0 Å². The Bertz CT molecular complexity index is 519. The molecule has 0 aromatic heterocycles. The zero-order chi connectivity index (χ0) is 16.0. The van der Waals surface area contributed by atoms with Crippen molar-refractivity contribution in [2.45, 2.75) is 52.5 Å². The molecule has 1 rings (SSSR count). The fourth-order valence-corrected chi connectivity index (χ4v) is 1.73. The maximum Gasteiger partial charge on any atom is 0.224 e. The molecule has 0 heterocycles. The molecule has 21 heavy (non-hydrogen) atoms. The van der Waals surface area contributed by atoms with Crippen LogP contribution in [-0.4, -0.2) is 17.4 Å². The Hall–Kier alpha value is -1.88. The normalized spacial score (nSPS) is 11.1. The first kappa shape index (κ1) is 17.2. The first-order chi connectivity index (χ1) is 9.71. The molecule has 0 aliphatic carbocycles. The molecule has 5 nitrogen and oxygen atoms in total. The molecule has 0 spiro atoms. The molecule has 0 saturated carbocycles. The van der Waals surface area contributed by atoms with Gasteiger partial charge < -0.3 is 16.4 Å². The Morgan fingerprint density at radius 1 is 1.19 bits per heavy atom. The predicted octanol–water partition coefficient (Wildman–Crippen LogP) is 2.80. The molecule has 0 unspecified atom stereocenters. The van der Waals surface area contributed by atoms with Crippen molar-refractivity contribution in [3.05, 3.63) is 23.8 Å². The molecule has 0 radical (unpaired) electrons. The van der Waals surface area contributed by atoms with Crippen LogP contribution in [0.3, 0.4) is 0 Å². The average molecular weight is 291 g/mol. The fraction of sp³-hybridized carbons (Fsp3) is 0.500. The van der Waals surface area contributed by atoms with Crippen molar-refractivity contribution in [3.8, 4) is 0 Å². The van der Waals surface area contributed by atoms with Gasteiger partial charge in [-0.1, -0.05) is 13.0 Å². The number of rotatable bonds is 6. The molecule has 0 fully saturated rings. The Kier molecular flexibility index (Phi) is 5.90. The minimum atomic E-state index is -0.358. The number of carbonyl (C=O) groups is 2. The third kappa shape index (κ3) is 6.40. The summed E-state index contributed by atoms with van der Waals surface area (Å²) in [5, 5.41) is 5.65. The number of carbonyl (C=O) groups excluding carboxylic acids is 2. The maximum atomic E-state index is 11.9. The van der Waals surface area contributed by atoms with Crippen molar-refractivity contribution in [2.75, 3.05) is 10.6 Å². The van der Waals surface area contributed by atoms with Crippen molar-refractivity contribution >= 4 is 23.2 Å². The summed E-state index contributed by atoms with van der Waals surface area (Å²) in [6.07, 6.45) is 1.40. The third-order valence-electron chi connectivity index (χ3n) is 3.11. The number of benzene rings is 1. The highest BCUT2D eigenvalue weighted by molar-refractivity contribution is 5.94. The van der Waals surface area contributed by atoms with Crippen molar-refractivity contribution in [3.63, 3.8) is 0 Å². The van der Waals surface area contributed by atoms with Gasteiger partial charge in [-0.15, -0.1) is 0 Å². The van der Waals surface area contributed by atoms with E-state index in [2.05, 4.69) is 10.6 Å². The highest BCUT2D eigenvalue weighted by atomic mass is 16.2. The molecule has 5 heteroatoms. The zero-order valence-corrected chi connectivity index (χ0v) is 13.2. The summed E-state index contributed by atoms with van der Waals surface area (Å²) in [5.41, 5.74) is 7.86. The summed E-state index contributed by atoms with van der Waals surface area (Å²) in [7, 11) is 0. The molecule has 0 aliphatic heterocycles. The van der Waals surface area contributed by atoms with Gasteiger partial charge in [0.2, 0.25) is 11.8 Å². The molecule has 1 aromatic carbocycles. The average Bonchev–Trinajstić information content (AvgIpc) is 2.39. The number of hydrogen-bond acceptors (Lipinski definition) is 3. The van der Waals surface area contributed by atoms with E-state index in [0.29, 0.717) is 30.6 Å². The Morgan fingerprint density at radius 3 is 2.43 bits per heavy atom. The van der Waals surface area contributed by atoms with E-state index in [1.165, 1.54) is 0 Å². The second-order valence-electron chi connectivity index (χ2n) is 5.97. The van der Waals surface area contributed by atoms with Crippen molar-refractivity contribution in [2.24, 2.45) is 5.73 Å². The number of nitrogens with two attached hydrogens (primary N) is 1. The summed E-state index contributed by atoms with van der Waals surface area (Å²) in [6.45, 7) is 7.49. The van der Waals surface area contributed by atoms with Crippen LogP contribution in [0.4, 0.5) is 11.4 Å². The van der Waals surface area contributed by atoms with E-state index in [4.69, 9.17) is 5.73 Å². The SMILES string of the molecule is CCC(=O)Nc1ccc(C)c(NC(=O)CCC(C)(C)N)c1. The molecular formula is C16H25N3O2. The van der Waals surface area contributed by atoms with Gasteiger partial charge in [-0.05, 0) is 44.9 Å². The standard InChI is InChI=1S/C16H25N3O2/c1-5-14(20)18-12-7-6-11(2)13(10-12)19-15(21)8-9-16(3,4)17/h6-7,10H,5,8-9,17H2,1-4H3,(H,18,20)(H,19,21). The van der Waals surface area contributed by atoms with Crippen LogP contribution in [0, 0.1) is 6.92 Å². The predicted molar refractivity (Wildman–Crippen MR) is 86.2 cm³/mol. The third-order valence-corrected chi connectivity index (χ3v) is 3.11. The van der Waals surface area contributed by atoms with Gasteiger partial charge in [0.25, 0.3) is 0 Å². The summed E-state index contributed by atoms with van der Waals surface area (Å²) in [5.74, 6) is -0.128. The smallest absolute Gasteiger partial charge is 0.224 e. The van der Waals surface area contributed by atoms with E-state index in [-0.39, 0.29) is 17.4 Å². The molecule has 0 atom stereocenters. The molecule has 2 amide bonds. The summed E-state index contributed by atoms with van der Waals surface area (Å²) in [6, 6.07) is 5.46. The van der Waals surface area contributed by atoms with Crippen LogP contribution in [0.2, 0.25) is 0 Å². The number of amides is 2. The quantitative estimate of drug-likeness (QED) is 0.753. The van der Waals surface area contributed by atoms with E-state index in [1.807, 2.05) is 32.9 Å². The molecule has 1 aromatic rings. The second kappa shape index (κ2) is 7.22. The zero-order valence-electron chi connectivity index (χ0n) is 13.2. The van der Waals surface area contributed by atoms with Gasteiger partial charge in [-0.2, -0.15) is 0 Å². The number of aryl methyl sites for hydroxylation is 1. The molecule has 116 valence electrons. The summed E-state index contributed by atoms with van der Waals surface area (Å²) >= 11 is 0. The van der Waals surface area contributed by atoms with Crippen molar-refractivity contribution in [1.82, 2.24) is 0 Å². The van der Waals surface area contributed by atoms with E-state index < -0.39 is 0 Å². The molecule has 0 aliphatic rings. The minimum Gasteiger partial charge on any atom is -0.326 e. The first-order valence-corrected chi connectivity index (χ1v) is 7.20. The van der Waals surface area contributed by atoms with Crippen LogP contribution in [0.15, 0.2) is 18.2 Å². The monoisotopic (exact) mass is 291 g/mol. The number of hydrogen-bond donors (Lipinski definition) is 3. The van der Waals surface area contributed by atoms with E-state index in [9.17, 15) is 9.59 Å². The Labute approximate surface area is 126 Å². The maximum absolute atomic E-state index is 11.9. The first-order valence-electron chi connectivity index (χ1n) is 7.20. The van der Waals surface area contributed by atoms with Gasteiger partial charge >= 0.3 is 0 Å². The van der Waals surface area contributed by atoms with Gasteiger partial charge in [0.15, 0.2) is 0 Å². The van der Waals surface area contributed by atoms with Crippen LogP contribution in [0.5, 0.6) is 0 Å². The largest absolute Gasteiger partial charge is 0.326 e. The lowest BCUT2D eigenvalue weighted by atomic mass is 10.00. The van der Waals surface area contributed by atoms with E-state index in [0.717, 1.165) is 5.56 Å². The van der Waals surface area contributed by atoms with Crippen LogP contribution in [0.1, 0.15) is 45.6 Å². The Balaban J connectivity index is 2.71. The fourth-order valence-electron chi connectivity index (χ4n) is 1.73. The van der Waals surface area contributed by atoms with Crippen molar-refractivity contribution < 1.29 is 9.59 Å². The van der Waals surface area contributed by atoms with E-state index in [1.54, 1.807) is 13.0 Å². The van der Waals surface area contributed by atoms with Gasteiger partial charge in [0, 0.05) is 29.8 Å². The van der Waals surface area contributed by atoms with Crippen LogP contribution >= 0.6 is 0 Å². The highest BCUT2D eigenvalue weighted by Crippen LogP contribution is 2.21. The Morgan fingerprint density at radius 2 is 1.86 bits per heavy atom. The van der Waals surface area contributed by atoms with Crippen LogP contribution < -0.4 is 16.4 Å². The molecule has 0 bridgehead atoms. The lowest BCUT2D eigenvalue weighted by Crippen LogP contribution is -2.33. The van der Waals surface area contributed by atoms with Crippen LogP contribution in [0.25, 0.3) is 0 Å². The van der Waals surface area contributed by atoms with E-state index >= 15 is 0 Å². The van der Waals surface area contributed by atoms with Crippen LogP contribution in [-0.2, 0) is 9.59 Å². The summed E-state index contributed by atoms with van der Waals surface area (Å²) in [4.78, 5) is 23.3. The number of anilines is 2. The van der Waals surface area contributed by atoms with Gasteiger partial charge in [-0.3, -0.25) is 9.59 Å². The lowest BCUT2D eigenvalue weighted by molar-refractivity contribution is -0.117. The topological polar surface area (TPSA) is 84.2 Å². The summed E-state index contributed by atoms with van der Waals surface area (Å²) < 4.78 is 0. The highest BCUT2D eigenvalue weighted by Gasteiger charge is 2.14. The molecule has 0 saturated heterocycles. The van der Waals surface area contributed by atoms with Gasteiger partial charge in [-0.25, -0.2) is 0 Å².